The van der Waals surface area contributed by atoms with Crippen molar-refractivity contribution in [3.05, 3.63) is 164 Å². The number of hydrogen-bond donors (Lipinski definition) is 0. The highest BCUT2D eigenvalue weighted by Gasteiger charge is 2.23. The minimum atomic E-state index is 0.523. The molecule has 0 unspecified atom stereocenters. The molecule has 238 valence electrons. The molecular weight excluding hydrogens is 627 g/mol. The molecule has 6 nitrogen and oxygen atoms in total. The highest BCUT2D eigenvalue weighted by Crippen LogP contribution is 2.41. The molecule has 11 rings (SSSR count). The number of rotatable bonds is 4. The third kappa shape index (κ3) is 4.07. The zero-order valence-corrected chi connectivity index (χ0v) is 27.2. The molecule has 0 amide bonds. The number of para-hydroxylation sites is 5. The van der Waals surface area contributed by atoms with Crippen LogP contribution >= 0.6 is 0 Å². The SMILES string of the molecule is c1ccc(-c2nc(-c3ccccc3-n3c4ccccc4c4ccccc43)nc(-n3c4ccccc4c4ccc5c6ccccc6oc5c43)n2)cc1. The fraction of sp³-hybridized carbons (Fsp3) is 0. The van der Waals surface area contributed by atoms with Gasteiger partial charge in [0.2, 0.25) is 5.95 Å². The van der Waals surface area contributed by atoms with Crippen molar-refractivity contribution in [1.29, 1.82) is 0 Å². The van der Waals surface area contributed by atoms with Gasteiger partial charge in [-0.05, 0) is 42.5 Å². The molecule has 11 aromatic rings. The van der Waals surface area contributed by atoms with Gasteiger partial charge in [0.1, 0.15) is 11.1 Å². The summed E-state index contributed by atoms with van der Waals surface area (Å²) in [6, 6.07) is 56.6. The first-order valence-electron chi connectivity index (χ1n) is 17.0. The summed E-state index contributed by atoms with van der Waals surface area (Å²) in [6.45, 7) is 0. The molecule has 4 aromatic heterocycles. The predicted molar refractivity (Wildman–Crippen MR) is 207 cm³/mol. The summed E-state index contributed by atoms with van der Waals surface area (Å²) in [5, 5.41) is 6.70. The Bertz CT molecular complexity index is 3100. The zero-order chi connectivity index (χ0) is 33.5. The van der Waals surface area contributed by atoms with Gasteiger partial charge in [-0.15, -0.1) is 0 Å². The lowest BCUT2D eigenvalue weighted by Crippen LogP contribution is -2.08. The molecule has 6 heteroatoms. The topological polar surface area (TPSA) is 61.7 Å². The van der Waals surface area contributed by atoms with Gasteiger partial charge in [0.05, 0.1) is 22.2 Å². The van der Waals surface area contributed by atoms with Crippen molar-refractivity contribution in [3.63, 3.8) is 0 Å². The third-order valence-corrected chi connectivity index (χ3v) is 10.0. The van der Waals surface area contributed by atoms with Crippen LogP contribution in [0.2, 0.25) is 0 Å². The van der Waals surface area contributed by atoms with Gasteiger partial charge in [-0.25, -0.2) is 4.98 Å². The largest absolute Gasteiger partial charge is 0.454 e. The van der Waals surface area contributed by atoms with E-state index < -0.39 is 0 Å². The van der Waals surface area contributed by atoms with E-state index in [4.69, 9.17) is 19.4 Å². The first-order valence-corrected chi connectivity index (χ1v) is 17.0. The molecule has 7 aromatic carbocycles. The van der Waals surface area contributed by atoms with Gasteiger partial charge in [-0.1, -0.05) is 121 Å². The molecule has 0 spiro atoms. The molecule has 0 atom stereocenters. The molecule has 0 N–H and O–H groups in total. The van der Waals surface area contributed by atoms with Crippen LogP contribution in [0.5, 0.6) is 0 Å². The molecule has 0 radical (unpaired) electrons. The molecule has 0 aliphatic carbocycles. The van der Waals surface area contributed by atoms with E-state index in [1.807, 2.05) is 42.5 Å². The fourth-order valence-corrected chi connectivity index (χ4v) is 7.78. The Morgan fingerprint density at radius 2 is 0.941 bits per heavy atom. The van der Waals surface area contributed by atoms with Gasteiger partial charge in [0.15, 0.2) is 17.2 Å². The summed E-state index contributed by atoms with van der Waals surface area (Å²) in [5.74, 6) is 1.70. The van der Waals surface area contributed by atoms with E-state index in [2.05, 4.69) is 130 Å². The van der Waals surface area contributed by atoms with E-state index in [1.54, 1.807) is 0 Å². The molecule has 51 heavy (non-hydrogen) atoms. The van der Waals surface area contributed by atoms with Gasteiger partial charge in [-0.3, -0.25) is 4.57 Å². The first kappa shape index (κ1) is 27.9. The standard InChI is InChI=1S/C45H27N5O/c1-2-14-28(15-3-1)43-46-44(35-20-7-12-24-39(35)49-36-21-9-4-16-29(36)30-17-5-10-22-37(30)49)48-45(47-43)50-38-23-11-6-18-31(38)33-26-27-34-32-19-8-13-25-40(32)51-42(34)41(33)50/h1-27H. The van der Waals surface area contributed by atoms with Crippen molar-refractivity contribution in [2.24, 2.45) is 0 Å². The second-order valence-electron chi connectivity index (χ2n) is 12.8. The summed E-state index contributed by atoms with van der Waals surface area (Å²) in [7, 11) is 0. The van der Waals surface area contributed by atoms with E-state index in [0.29, 0.717) is 17.6 Å². The van der Waals surface area contributed by atoms with E-state index in [9.17, 15) is 0 Å². The smallest absolute Gasteiger partial charge is 0.238 e. The van der Waals surface area contributed by atoms with Crippen LogP contribution in [0.4, 0.5) is 0 Å². The van der Waals surface area contributed by atoms with Crippen LogP contribution in [-0.4, -0.2) is 24.1 Å². The average Bonchev–Trinajstić information content (AvgIpc) is 3.86. The van der Waals surface area contributed by atoms with Gasteiger partial charge in [-0.2, -0.15) is 9.97 Å². The van der Waals surface area contributed by atoms with E-state index in [0.717, 1.165) is 71.6 Å². The second kappa shape index (κ2) is 10.7. The number of nitrogens with zero attached hydrogens (tertiary/aromatic N) is 5. The number of aromatic nitrogens is 5. The maximum Gasteiger partial charge on any atom is 0.238 e. The Morgan fingerprint density at radius 1 is 0.392 bits per heavy atom. The van der Waals surface area contributed by atoms with Crippen LogP contribution in [0.3, 0.4) is 0 Å². The van der Waals surface area contributed by atoms with E-state index >= 15 is 0 Å². The van der Waals surface area contributed by atoms with Crippen molar-refractivity contribution < 1.29 is 4.42 Å². The number of hydrogen-bond acceptors (Lipinski definition) is 4. The molecule has 4 heterocycles. The van der Waals surface area contributed by atoms with Gasteiger partial charge in [0, 0.05) is 43.4 Å². The van der Waals surface area contributed by atoms with Crippen LogP contribution in [0.25, 0.3) is 100.0 Å². The Morgan fingerprint density at radius 3 is 1.69 bits per heavy atom. The minimum Gasteiger partial charge on any atom is -0.454 e. The minimum absolute atomic E-state index is 0.523. The summed E-state index contributed by atoms with van der Waals surface area (Å²) >= 11 is 0. The average molecular weight is 654 g/mol. The maximum absolute atomic E-state index is 6.64. The van der Waals surface area contributed by atoms with E-state index in [1.165, 1.54) is 10.8 Å². The summed E-state index contributed by atoms with van der Waals surface area (Å²) in [6.07, 6.45) is 0. The van der Waals surface area contributed by atoms with Crippen molar-refractivity contribution in [1.82, 2.24) is 24.1 Å². The molecule has 0 saturated heterocycles. The molecule has 0 aliphatic heterocycles. The Hall–Kier alpha value is -7.05. The predicted octanol–water partition coefficient (Wildman–Crippen LogP) is 11.3. The Labute approximate surface area is 291 Å². The molecule has 0 fully saturated rings. The summed E-state index contributed by atoms with van der Waals surface area (Å²) in [4.78, 5) is 15.8. The van der Waals surface area contributed by atoms with Gasteiger partial charge in [0.25, 0.3) is 0 Å². The van der Waals surface area contributed by atoms with Crippen LogP contribution in [0, 0.1) is 0 Å². The van der Waals surface area contributed by atoms with Crippen LogP contribution in [0.15, 0.2) is 168 Å². The molecule has 0 saturated carbocycles. The highest BCUT2D eigenvalue weighted by molar-refractivity contribution is 6.21. The van der Waals surface area contributed by atoms with Crippen LogP contribution in [0.1, 0.15) is 0 Å². The number of fused-ring (bicyclic) bond motifs is 10. The van der Waals surface area contributed by atoms with Crippen LogP contribution < -0.4 is 0 Å². The number of furan rings is 1. The third-order valence-electron chi connectivity index (χ3n) is 10.0. The maximum atomic E-state index is 6.64. The normalized spacial score (nSPS) is 11.9. The molecule has 0 aliphatic rings. The van der Waals surface area contributed by atoms with Crippen molar-refractivity contribution in [2.75, 3.05) is 0 Å². The quantitative estimate of drug-likeness (QED) is 0.190. The lowest BCUT2D eigenvalue weighted by atomic mass is 10.1. The zero-order valence-electron chi connectivity index (χ0n) is 27.2. The summed E-state index contributed by atoms with van der Waals surface area (Å²) in [5.41, 5.74) is 8.62. The van der Waals surface area contributed by atoms with Crippen molar-refractivity contribution >= 4 is 65.6 Å². The monoisotopic (exact) mass is 653 g/mol. The first-order chi connectivity index (χ1) is 25.3. The lowest BCUT2D eigenvalue weighted by molar-refractivity contribution is 0.670. The van der Waals surface area contributed by atoms with Gasteiger partial charge < -0.3 is 8.98 Å². The Balaban J connectivity index is 1.25. The summed E-state index contributed by atoms with van der Waals surface area (Å²) < 4.78 is 11.1. The molecule has 0 bridgehead atoms. The van der Waals surface area contributed by atoms with E-state index in [-0.39, 0.29) is 0 Å². The fourth-order valence-electron chi connectivity index (χ4n) is 7.78. The molecular formula is C45H27N5O. The second-order valence-corrected chi connectivity index (χ2v) is 12.8. The Kier molecular flexibility index (Phi) is 5.86. The van der Waals surface area contributed by atoms with Gasteiger partial charge >= 0.3 is 0 Å². The van der Waals surface area contributed by atoms with Crippen molar-refractivity contribution in [3.8, 4) is 34.4 Å². The number of benzene rings is 7. The highest BCUT2D eigenvalue weighted by atomic mass is 16.3. The lowest BCUT2D eigenvalue weighted by Gasteiger charge is -2.15. The van der Waals surface area contributed by atoms with Crippen molar-refractivity contribution in [2.45, 2.75) is 0 Å². The van der Waals surface area contributed by atoms with Crippen LogP contribution in [-0.2, 0) is 0 Å².